The zero-order valence-corrected chi connectivity index (χ0v) is 13.2. The molecule has 1 aliphatic heterocycles. The van der Waals surface area contributed by atoms with E-state index in [4.69, 9.17) is 0 Å². The number of sulfone groups is 1. The van der Waals surface area contributed by atoms with Crippen molar-refractivity contribution in [2.24, 2.45) is 5.92 Å². The summed E-state index contributed by atoms with van der Waals surface area (Å²) >= 11 is 0. The molecule has 3 nitrogen and oxygen atoms in total. The minimum atomic E-state index is -2.89. The van der Waals surface area contributed by atoms with E-state index in [1.807, 2.05) is 6.08 Å². The number of piperidine rings is 1. The van der Waals surface area contributed by atoms with Crippen molar-refractivity contribution >= 4 is 15.9 Å². The van der Waals surface area contributed by atoms with E-state index in [2.05, 4.69) is 11.0 Å². The smallest absolute Gasteiger partial charge is 0.147 e. The molecule has 1 aromatic rings. The van der Waals surface area contributed by atoms with Crippen LogP contribution in [0.2, 0.25) is 0 Å². The first-order valence-electron chi connectivity index (χ1n) is 7.24. The molecule has 2 rings (SSSR count). The fourth-order valence-corrected chi connectivity index (χ4v) is 3.92. The summed E-state index contributed by atoms with van der Waals surface area (Å²) in [6.45, 7) is 2.65. The largest absolute Gasteiger partial charge is 0.299 e. The van der Waals surface area contributed by atoms with Gasteiger partial charge in [0.05, 0.1) is 5.75 Å². The zero-order chi connectivity index (χ0) is 15.3. The molecule has 0 amide bonds. The minimum absolute atomic E-state index is 0.230. The van der Waals surface area contributed by atoms with Crippen molar-refractivity contribution in [3.05, 3.63) is 41.7 Å². The molecular weight excluding hydrogens is 289 g/mol. The number of nitrogens with zero attached hydrogens (tertiary/aromatic N) is 1. The molecule has 1 fully saturated rings. The minimum Gasteiger partial charge on any atom is -0.299 e. The monoisotopic (exact) mass is 311 g/mol. The van der Waals surface area contributed by atoms with Gasteiger partial charge >= 0.3 is 0 Å². The van der Waals surface area contributed by atoms with E-state index in [1.54, 1.807) is 12.1 Å². The van der Waals surface area contributed by atoms with E-state index >= 15 is 0 Å². The number of benzene rings is 1. The first kappa shape index (κ1) is 16.2. The lowest BCUT2D eigenvalue weighted by Gasteiger charge is -2.31. The summed E-state index contributed by atoms with van der Waals surface area (Å²) in [6, 6.07) is 6.38. The first-order valence-corrected chi connectivity index (χ1v) is 9.30. The highest BCUT2D eigenvalue weighted by molar-refractivity contribution is 7.90. The Morgan fingerprint density at radius 3 is 2.71 bits per heavy atom. The number of halogens is 1. The lowest BCUT2D eigenvalue weighted by molar-refractivity contribution is 0.203. The van der Waals surface area contributed by atoms with Gasteiger partial charge in [-0.1, -0.05) is 24.3 Å². The second kappa shape index (κ2) is 7.18. The van der Waals surface area contributed by atoms with Gasteiger partial charge in [-0.3, -0.25) is 4.90 Å². The fourth-order valence-electron chi connectivity index (χ4n) is 2.79. The fraction of sp³-hybridized carbons (Fsp3) is 0.500. The van der Waals surface area contributed by atoms with Crippen LogP contribution in [0.4, 0.5) is 4.39 Å². The van der Waals surface area contributed by atoms with Crippen LogP contribution < -0.4 is 0 Å². The van der Waals surface area contributed by atoms with Crippen LogP contribution in [-0.4, -0.2) is 45.0 Å². The molecule has 1 aliphatic rings. The highest BCUT2D eigenvalue weighted by Gasteiger charge is 2.22. The molecule has 21 heavy (non-hydrogen) atoms. The Morgan fingerprint density at radius 1 is 1.33 bits per heavy atom. The second-order valence-corrected chi connectivity index (χ2v) is 8.00. The van der Waals surface area contributed by atoms with Crippen LogP contribution in [0.15, 0.2) is 30.3 Å². The van der Waals surface area contributed by atoms with E-state index in [0.717, 1.165) is 38.0 Å². The lowest BCUT2D eigenvalue weighted by Crippen LogP contribution is -2.38. The normalized spacial score (nSPS) is 21.0. The van der Waals surface area contributed by atoms with Crippen LogP contribution >= 0.6 is 0 Å². The molecule has 0 radical (unpaired) electrons. The molecule has 1 aromatic carbocycles. The maximum Gasteiger partial charge on any atom is 0.147 e. The Bertz CT molecular complexity index is 581. The molecule has 0 N–H and O–H groups in total. The van der Waals surface area contributed by atoms with Crippen molar-refractivity contribution in [1.29, 1.82) is 0 Å². The van der Waals surface area contributed by atoms with Crippen molar-refractivity contribution < 1.29 is 12.8 Å². The van der Waals surface area contributed by atoms with Crippen LogP contribution in [0.3, 0.4) is 0 Å². The summed E-state index contributed by atoms with van der Waals surface area (Å²) in [6.07, 6.45) is 7.37. The molecular formula is C16H22FNO2S. The van der Waals surface area contributed by atoms with E-state index in [9.17, 15) is 12.8 Å². The van der Waals surface area contributed by atoms with Crippen LogP contribution in [0.1, 0.15) is 18.4 Å². The molecule has 0 bridgehead atoms. The van der Waals surface area contributed by atoms with Crippen molar-refractivity contribution in [3.8, 4) is 0 Å². The molecule has 0 spiro atoms. The molecule has 1 unspecified atom stereocenters. The predicted molar refractivity (Wildman–Crippen MR) is 84.3 cm³/mol. The summed E-state index contributed by atoms with van der Waals surface area (Å²) in [7, 11) is -2.89. The first-order chi connectivity index (χ1) is 9.92. The third-order valence-corrected chi connectivity index (χ3v) is 4.76. The van der Waals surface area contributed by atoms with Gasteiger partial charge in [-0.15, -0.1) is 0 Å². The topological polar surface area (TPSA) is 37.4 Å². The molecule has 0 aromatic heterocycles. The third-order valence-electron chi connectivity index (χ3n) is 3.69. The van der Waals surface area contributed by atoms with E-state index < -0.39 is 9.84 Å². The quantitative estimate of drug-likeness (QED) is 0.839. The summed E-state index contributed by atoms with van der Waals surface area (Å²) in [5.74, 6) is 0.297. The van der Waals surface area contributed by atoms with Crippen molar-refractivity contribution in [2.75, 3.05) is 31.6 Å². The summed E-state index contributed by atoms with van der Waals surface area (Å²) in [5.41, 5.74) is 0.973. The van der Waals surface area contributed by atoms with Gasteiger partial charge in [0.2, 0.25) is 0 Å². The Labute approximate surface area is 126 Å². The van der Waals surface area contributed by atoms with Gasteiger partial charge < -0.3 is 0 Å². The zero-order valence-electron chi connectivity index (χ0n) is 12.3. The van der Waals surface area contributed by atoms with Crippen molar-refractivity contribution in [3.63, 3.8) is 0 Å². The number of rotatable bonds is 5. The van der Waals surface area contributed by atoms with E-state index in [1.165, 1.54) is 18.4 Å². The predicted octanol–water partition coefficient (Wildman–Crippen LogP) is 2.60. The van der Waals surface area contributed by atoms with Gasteiger partial charge in [0.15, 0.2) is 0 Å². The summed E-state index contributed by atoms with van der Waals surface area (Å²) < 4.78 is 35.5. The van der Waals surface area contributed by atoms with Gasteiger partial charge in [0.1, 0.15) is 15.7 Å². The number of hydrogen-bond acceptors (Lipinski definition) is 3. The van der Waals surface area contributed by atoms with Crippen LogP contribution in [-0.2, 0) is 9.84 Å². The molecule has 116 valence electrons. The molecule has 0 aliphatic carbocycles. The number of likely N-dealkylation sites (tertiary alicyclic amines) is 1. The highest BCUT2D eigenvalue weighted by atomic mass is 32.2. The molecule has 1 atom stereocenters. The standard InChI is InChI=1S/C16H22FNO2S/c1-21(19,20)13-15-5-3-11-18(12-15)10-2-4-14-6-8-16(17)9-7-14/h2,4,6-9,15H,3,5,10-13H2,1H3/b4-2+. The number of hydrogen-bond donors (Lipinski definition) is 0. The molecule has 1 heterocycles. The average molecular weight is 311 g/mol. The lowest BCUT2D eigenvalue weighted by atomic mass is 10.00. The van der Waals surface area contributed by atoms with E-state index in [-0.39, 0.29) is 17.5 Å². The van der Waals surface area contributed by atoms with Crippen molar-refractivity contribution in [2.45, 2.75) is 12.8 Å². The van der Waals surface area contributed by atoms with Crippen LogP contribution in [0.25, 0.3) is 6.08 Å². The Hall–Kier alpha value is -1.20. The summed E-state index contributed by atoms with van der Waals surface area (Å²) in [5, 5.41) is 0. The molecule has 5 heteroatoms. The van der Waals surface area contributed by atoms with Gasteiger partial charge in [-0.05, 0) is 43.0 Å². The van der Waals surface area contributed by atoms with Gasteiger partial charge in [-0.25, -0.2) is 12.8 Å². The SMILES string of the molecule is CS(=O)(=O)CC1CCCN(C/C=C/c2ccc(F)cc2)C1. The van der Waals surface area contributed by atoms with E-state index in [0.29, 0.717) is 0 Å². The van der Waals surface area contributed by atoms with Gasteiger partial charge in [0.25, 0.3) is 0 Å². The van der Waals surface area contributed by atoms with Crippen molar-refractivity contribution in [1.82, 2.24) is 4.90 Å². The van der Waals surface area contributed by atoms with Gasteiger partial charge in [0, 0.05) is 19.3 Å². The molecule has 0 saturated carbocycles. The van der Waals surface area contributed by atoms with Crippen LogP contribution in [0.5, 0.6) is 0 Å². The highest BCUT2D eigenvalue weighted by Crippen LogP contribution is 2.18. The average Bonchev–Trinajstić information content (AvgIpc) is 2.39. The Kier molecular flexibility index (Phi) is 5.53. The Balaban J connectivity index is 1.84. The maximum atomic E-state index is 12.8. The molecule has 1 saturated heterocycles. The third kappa shape index (κ3) is 5.98. The second-order valence-electron chi connectivity index (χ2n) is 5.81. The summed E-state index contributed by atoms with van der Waals surface area (Å²) in [4.78, 5) is 2.28. The van der Waals surface area contributed by atoms with Crippen LogP contribution in [0, 0.1) is 11.7 Å². The maximum absolute atomic E-state index is 12.8. The Morgan fingerprint density at radius 2 is 2.05 bits per heavy atom. The van der Waals surface area contributed by atoms with Gasteiger partial charge in [-0.2, -0.15) is 0 Å².